The number of rotatable bonds is 3. The molecule has 0 bridgehead atoms. The van der Waals surface area contributed by atoms with Crippen LogP contribution in [0.2, 0.25) is 0 Å². The Balaban J connectivity index is -0.0000000263. The van der Waals surface area contributed by atoms with E-state index in [1.807, 2.05) is 0 Å². The summed E-state index contributed by atoms with van der Waals surface area (Å²) in [6.45, 7) is 5.93. The molecule has 0 aromatic heterocycles. The third kappa shape index (κ3) is 104. The summed E-state index contributed by atoms with van der Waals surface area (Å²) in [6, 6.07) is 0. The summed E-state index contributed by atoms with van der Waals surface area (Å²) in [6.07, 6.45) is 5.07. The summed E-state index contributed by atoms with van der Waals surface area (Å²) in [5.74, 6) is 0. The normalized spacial score (nSPS) is 5.54. The Hall–Kier alpha value is 0.763. The standard InChI is InChI=1S/C6H13.3CH4O.Zr/c1-3-5-6-4-2;3*1-2;/h1,3-6H2,2H3;3*2H,1H3;/q-1;;;;. The molecule has 84 valence electrons. The van der Waals surface area contributed by atoms with Crippen molar-refractivity contribution in [2.45, 2.75) is 32.6 Å². The van der Waals surface area contributed by atoms with Crippen molar-refractivity contribution in [3.05, 3.63) is 6.92 Å². The minimum Gasteiger partial charge on any atom is -0.400 e. The van der Waals surface area contributed by atoms with Gasteiger partial charge in [-0.1, -0.05) is 26.2 Å². The molecule has 0 amide bonds. The van der Waals surface area contributed by atoms with Crippen molar-refractivity contribution in [1.29, 1.82) is 0 Å². The van der Waals surface area contributed by atoms with E-state index in [0.29, 0.717) is 0 Å². The number of unbranched alkanes of at least 4 members (excludes halogenated alkanes) is 3. The van der Waals surface area contributed by atoms with Gasteiger partial charge >= 0.3 is 0 Å². The quantitative estimate of drug-likeness (QED) is 0.535. The fourth-order valence-corrected chi connectivity index (χ4v) is 0.427. The second kappa shape index (κ2) is 77.8. The smallest absolute Gasteiger partial charge is 0.0319 e. The van der Waals surface area contributed by atoms with Crippen LogP contribution in [0.1, 0.15) is 32.6 Å². The number of aliphatic hydroxyl groups excluding tert-OH is 3. The molecule has 0 spiro atoms. The van der Waals surface area contributed by atoms with Crippen molar-refractivity contribution in [3.8, 4) is 0 Å². The molecule has 0 aliphatic rings. The van der Waals surface area contributed by atoms with Gasteiger partial charge in [0.25, 0.3) is 0 Å². The van der Waals surface area contributed by atoms with Crippen molar-refractivity contribution < 1.29 is 41.5 Å². The molecule has 0 aliphatic carbocycles. The van der Waals surface area contributed by atoms with Crippen LogP contribution < -0.4 is 0 Å². The molecule has 0 fully saturated rings. The van der Waals surface area contributed by atoms with Crippen LogP contribution in [0.3, 0.4) is 0 Å². The maximum atomic E-state index is 7.00. The number of hydrogen-bond donors (Lipinski definition) is 3. The second-order valence-electron chi connectivity index (χ2n) is 1.56. The van der Waals surface area contributed by atoms with Crippen LogP contribution in [0.25, 0.3) is 0 Å². The first-order valence-corrected chi connectivity index (χ1v) is 4.05. The van der Waals surface area contributed by atoms with E-state index in [1.165, 1.54) is 19.3 Å². The van der Waals surface area contributed by atoms with Crippen LogP contribution >= 0.6 is 0 Å². The molecule has 4 heteroatoms. The van der Waals surface area contributed by atoms with E-state index in [0.717, 1.165) is 27.8 Å². The molecule has 0 atom stereocenters. The van der Waals surface area contributed by atoms with Crippen molar-refractivity contribution >= 4 is 0 Å². The van der Waals surface area contributed by atoms with Gasteiger partial charge in [0.1, 0.15) is 0 Å². The van der Waals surface area contributed by atoms with Crippen LogP contribution in [0.4, 0.5) is 0 Å². The van der Waals surface area contributed by atoms with E-state index < -0.39 is 0 Å². The molecule has 13 heavy (non-hydrogen) atoms. The summed E-state index contributed by atoms with van der Waals surface area (Å²) < 4.78 is 0. The van der Waals surface area contributed by atoms with Crippen LogP contribution in [-0.2, 0) is 26.2 Å². The molecule has 0 saturated heterocycles. The molecular weight excluding hydrogens is 247 g/mol. The average molecular weight is 273 g/mol. The molecule has 0 aromatic carbocycles. The third-order valence-corrected chi connectivity index (χ3v) is 0.854. The molecule has 0 aliphatic heterocycles. The SMILES string of the molecule is CO.CO.CO.[CH2-]CCCCC.[Zr]. The Bertz CT molecular complexity index is 26.8. The molecule has 3 nitrogen and oxygen atoms in total. The maximum absolute atomic E-state index is 7.00. The van der Waals surface area contributed by atoms with Crippen molar-refractivity contribution in [3.63, 3.8) is 0 Å². The van der Waals surface area contributed by atoms with Gasteiger partial charge in [0, 0.05) is 47.5 Å². The predicted molar refractivity (Wildman–Crippen MR) is 53.9 cm³/mol. The Kier molecular flexibility index (Phi) is 175. The van der Waals surface area contributed by atoms with Crippen LogP contribution in [0.5, 0.6) is 0 Å². The Morgan fingerprint density at radius 2 is 1.15 bits per heavy atom. The van der Waals surface area contributed by atoms with Crippen LogP contribution in [0, 0.1) is 6.92 Å². The molecular formula is C9H25O3Zr-. The zero-order valence-electron chi connectivity index (χ0n) is 9.38. The van der Waals surface area contributed by atoms with Gasteiger partial charge in [-0.25, -0.2) is 0 Å². The fourth-order valence-electron chi connectivity index (χ4n) is 0.427. The van der Waals surface area contributed by atoms with Crippen LogP contribution in [-0.4, -0.2) is 36.6 Å². The zero-order valence-corrected chi connectivity index (χ0v) is 11.8. The first kappa shape index (κ1) is 29.2. The van der Waals surface area contributed by atoms with Crippen molar-refractivity contribution in [1.82, 2.24) is 0 Å². The van der Waals surface area contributed by atoms with E-state index >= 15 is 0 Å². The molecule has 0 radical (unpaired) electrons. The van der Waals surface area contributed by atoms with Crippen molar-refractivity contribution in [2.24, 2.45) is 0 Å². The molecule has 0 aromatic rings. The van der Waals surface area contributed by atoms with Crippen LogP contribution in [0.15, 0.2) is 0 Å². The number of aliphatic hydroxyl groups is 3. The molecule has 0 rings (SSSR count). The zero-order chi connectivity index (χ0) is 10.8. The Labute approximate surface area is 102 Å². The van der Waals surface area contributed by atoms with E-state index in [9.17, 15) is 0 Å². The van der Waals surface area contributed by atoms with E-state index in [4.69, 9.17) is 15.3 Å². The minimum absolute atomic E-state index is 0. The average Bonchev–Trinajstić information content (AvgIpc) is 2.24. The molecule has 0 unspecified atom stereocenters. The maximum Gasteiger partial charge on any atom is 0.0319 e. The summed E-state index contributed by atoms with van der Waals surface area (Å²) in [5, 5.41) is 21.0. The van der Waals surface area contributed by atoms with Gasteiger partial charge in [0.15, 0.2) is 0 Å². The predicted octanol–water partition coefficient (Wildman–Crippen LogP) is 1.22. The first-order chi connectivity index (χ1) is 5.91. The van der Waals surface area contributed by atoms with E-state index in [2.05, 4.69) is 13.8 Å². The summed E-state index contributed by atoms with van der Waals surface area (Å²) >= 11 is 0. The summed E-state index contributed by atoms with van der Waals surface area (Å²) in [7, 11) is 3.00. The minimum atomic E-state index is 0. The Morgan fingerprint density at radius 3 is 1.23 bits per heavy atom. The van der Waals surface area contributed by atoms with Gasteiger partial charge < -0.3 is 22.2 Å². The summed E-state index contributed by atoms with van der Waals surface area (Å²) in [5.41, 5.74) is 0. The summed E-state index contributed by atoms with van der Waals surface area (Å²) in [4.78, 5) is 0. The first-order valence-electron chi connectivity index (χ1n) is 4.05. The topological polar surface area (TPSA) is 60.7 Å². The Morgan fingerprint density at radius 1 is 0.846 bits per heavy atom. The van der Waals surface area contributed by atoms with E-state index in [1.54, 1.807) is 0 Å². The van der Waals surface area contributed by atoms with Crippen molar-refractivity contribution in [2.75, 3.05) is 21.3 Å². The molecule has 0 heterocycles. The van der Waals surface area contributed by atoms with Gasteiger partial charge in [-0.05, 0) is 0 Å². The van der Waals surface area contributed by atoms with E-state index in [-0.39, 0.29) is 26.2 Å². The number of hydrogen-bond acceptors (Lipinski definition) is 3. The second-order valence-corrected chi connectivity index (χ2v) is 1.56. The van der Waals surface area contributed by atoms with Gasteiger partial charge in [-0.3, -0.25) is 0 Å². The molecule has 3 N–H and O–H groups in total. The monoisotopic (exact) mass is 271 g/mol. The van der Waals surface area contributed by atoms with Gasteiger partial charge in [-0.2, -0.15) is 6.42 Å². The third-order valence-electron chi connectivity index (χ3n) is 0.854. The largest absolute Gasteiger partial charge is 0.400 e. The van der Waals surface area contributed by atoms with Gasteiger partial charge in [-0.15, -0.1) is 0 Å². The van der Waals surface area contributed by atoms with Gasteiger partial charge in [0.2, 0.25) is 0 Å². The molecule has 0 saturated carbocycles. The fraction of sp³-hybridized carbons (Fsp3) is 0.889. The van der Waals surface area contributed by atoms with Gasteiger partial charge in [0.05, 0.1) is 0 Å².